The minimum Gasteiger partial charge on any atom is -0.264 e. The molecule has 3 heterocycles. The molecule has 0 amide bonds. The Hall–Kier alpha value is -2.47. The number of aromatic nitrogens is 3. The third kappa shape index (κ3) is 6.11. The highest BCUT2D eigenvalue weighted by Gasteiger charge is 2.37. The second-order valence-electron chi connectivity index (χ2n) is 9.14. The number of hydrogen-bond acceptors (Lipinski definition) is 1. The minimum atomic E-state index is -4.41. The maximum absolute atomic E-state index is 13.8. The van der Waals surface area contributed by atoms with E-state index in [0.717, 1.165) is 16.7 Å². The van der Waals surface area contributed by atoms with Crippen molar-refractivity contribution >= 4 is 11.6 Å². The first-order chi connectivity index (χ1) is 15.5. The van der Waals surface area contributed by atoms with Crippen molar-refractivity contribution in [1.82, 2.24) is 4.98 Å². The number of aryl methyl sites for hydroxylation is 1. The van der Waals surface area contributed by atoms with E-state index in [9.17, 15) is 13.2 Å². The molecule has 3 rings (SSSR count). The molecule has 0 spiro atoms. The van der Waals surface area contributed by atoms with Gasteiger partial charge in [0.1, 0.15) is 0 Å². The first kappa shape index (κ1) is 25.2. The van der Waals surface area contributed by atoms with Gasteiger partial charge in [0.25, 0.3) is 0 Å². The van der Waals surface area contributed by atoms with Gasteiger partial charge in [0.2, 0.25) is 0 Å². The number of pyridine rings is 3. The zero-order valence-corrected chi connectivity index (χ0v) is 20.5. The maximum atomic E-state index is 13.8. The summed E-state index contributed by atoms with van der Waals surface area (Å²) < 4.78 is 45.3. The third-order valence-electron chi connectivity index (χ3n) is 6.08. The van der Waals surface area contributed by atoms with Gasteiger partial charge in [-0.2, -0.15) is 13.2 Å². The summed E-state index contributed by atoms with van der Waals surface area (Å²) >= 11 is 6.29. The maximum Gasteiger partial charge on any atom is 0.417 e. The largest absolute Gasteiger partial charge is 0.417 e. The molecule has 0 aliphatic carbocycles. The van der Waals surface area contributed by atoms with Crippen molar-refractivity contribution in [3.05, 3.63) is 88.2 Å². The lowest BCUT2D eigenvalue weighted by atomic mass is 9.95. The minimum absolute atomic E-state index is 0.114. The van der Waals surface area contributed by atoms with Crippen molar-refractivity contribution in [1.29, 1.82) is 0 Å². The predicted octanol–water partition coefficient (Wildman–Crippen LogP) is 6.37. The first-order valence-electron chi connectivity index (χ1n) is 11.2. The van der Waals surface area contributed by atoms with Crippen LogP contribution in [0.3, 0.4) is 0 Å². The van der Waals surface area contributed by atoms with Gasteiger partial charge in [-0.25, -0.2) is 9.13 Å². The summed E-state index contributed by atoms with van der Waals surface area (Å²) in [5, 5.41) is 0.669. The van der Waals surface area contributed by atoms with E-state index < -0.39 is 11.7 Å². The molecule has 0 saturated heterocycles. The van der Waals surface area contributed by atoms with Gasteiger partial charge in [0, 0.05) is 47.5 Å². The fourth-order valence-electron chi connectivity index (χ4n) is 4.22. The second-order valence-corrected chi connectivity index (χ2v) is 9.55. The van der Waals surface area contributed by atoms with Crippen molar-refractivity contribution < 1.29 is 22.3 Å². The van der Waals surface area contributed by atoms with Crippen LogP contribution in [0.4, 0.5) is 13.2 Å². The highest BCUT2D eigenvalue weighted by atomic mass is 35.5. The van der Waals surface area contributed by atoms with Gasteiger partial charge in [-0.1, -0.05) is 39.3 Å². The van der Waals surface area contributed by atoms with E-state index >= 15 is 0 Å². The van der Waals surface area contributed by atoms with Gasteiger partial charge in [0.15, 0.2) is 37.9 Å². The van der Waals surface area contributed by atoms with E-state index in [2.05, 4.69) is 11.9 Å². The van der Waals surface area contributed by atoms with Gasteiger partial charge < -0.3 is 0 Å². The van der Waals surface area contributed by atoms with Gasteiger partial charge in [-0.15, -0.1) is 0 Å². The molecule has 3 nitrogen and oxygen atoms in total. The van der Waals surface area contributed by atoms with Crippen LogP contribution < -0.4 is 9.13 Å². The number of halogens is 4. The van der Waals surface area contributed by atoms with E-state index in [1.807, 2.05) is 61.5 Å². The summed E-state index contributed by atoms with van der Waals surface area (Å²) in [5.41, 5.74) is 2.89. The Morgan fingerprint density at radius 1 is 0.879 bits per heavy atom. The monoisotopic (exact) mass is 477 g/mol. The summed E-state index contributed by atoms with van der Waals surface area (Å²) in [5.74, 6) is -0.0131. The highest BCUT2D eigenvalue weighted by Crippen LogP contribution is 2.34. The number of nitrogens with zero attached hydrogens (tertiary/aromatic N) is 3. The molecule has 176 valence electrons. The quantitative estimate of drug-likeness (QED) is 0.362. The fraction of sp³-hybridized carbons (Fsp3) is 0.423. The fourth-order valence-corrected chi connectivity index (χ4v) is 4.55. The zero-order chi connectivity index (χ0) is 24.3. The van der Waals surface area contributed by atoms with Crippen molar-refractivity contribution in [2.75, 3.05) is 0 Å². The molecule has 2 atom stereocenters. The Morgan fingerprint density at radius 2 is 1.45 bits per heavy atom. The molecule has 0 N–H and O–H groups in total. The molecule has 0 aliphatic rings. The number of hydrogen-bond donors (Lipinski definition) is 0. The average molecular weight is 478 g/mol. The van der Waals surface area contributed by atoms with Crippen LogP contribution in [-0.2, 0) is 19.3 Å². The van der Waals surface area contributed by atoms with E-state index in [-0.39, 0.29) is 23.3 Å². The number of alkyl halides is 3. The lowest BCUT2D eigenvalue weighted by Crippen LogP contribution is -2.40. The van der Waals surface area contributed by atoms with Crippen molar-refractivity contribution in [3.63, 3.8) is 0 Å². The average Bonchev–Trinajstić information content (AvgIpc) is 2.74. The molecule has 0 saturated carbocycles. The smallest absolute Gasteiger partial charge is 0.264 e. The summed E-state index contributed by atoms with van der Waals surface area (Å²) in [6, 6.07) is 4.95. The van der Waals surface area contributed by atoms with Crippen LogP contribution in [0.15, 0.2) is 55.4 Å². The third-order valence-corrected chi connectivity index (χ3v) is 6.42. The van der Waals surface area contributed by atoms with Crippen molar-refractivity contribution in [2.45, 2.75) is 71.6 Å². The molecule has 0 fully saturated rings. The van der Waals surface area contributed by atoms with Gasteiger partial charge >= 0.3 is 6.18 Å². The lowest BCUT2D eigenvalue weighted by molar-refractivity contribution is -0.704. The molecule has 0 aliphatic heterocycles. The molecule has 0 aromatic carbocycles. The Balaban J connectivity index is 1.92. The highest BCUT2D eigenvalue weighted by molar-refractivity contribution is 6.31. The van der Waals surface area contributed by atoms with Crippen LogP contribution >= 0.6 is 11.6 Å². The molecule has 33 heavy (non-hydrogen) atoms. The Labute approximate surface area is 198 Å². The zero-order valence-electron chi connectivity index (χ0n) is 19.7. The molecule has 0 bridgehead atoms. The topological polar surface area (TPSA) is 20.6 Å². The molecule has 2 unspecified atom stereocenters. The van der Waals surface area contributed by atoms with Crippen LogP contribution in [0.25, 0.3) is 0 Å². The Morgan fingerprint density at radius 3 is 2.03 bits per heavy atom. The van der Waals surface area contributed by atoms with Crippen LogP contribution in [0.2, 0.25) is 5.02 Å². The molecule has 3 aromatic rings. The van der Waals surface area contributed by atoms with Crippen LogP contribution in [0, 0.1) is 6.92 Å². The van der Waals surface area contributed by atoms with Gasteiger partial charge in [-0.05, 0) is 30.0 Å². The SMILES string of the molecule is Cc1ccncc1C(C)C[n+]1ccc(C(F)(F)F)c(C(C)C[n+]2ccc(Cl)c(C(C)C)c2)c1. The van der Waals surface area contributed by atoms with Crippen molar-refractivity contribution in [2.24, 2.45) is 0 Å². The van der Waals surface area contributed by atoms with Gasteiger partial charge in [-0.3, -0.25) is 4.98 Å². The molecule has 0 radical (unpaired) electrons. The number of rotatable bonds is 7. The van der Waals surface area contributed by atoms with Crippen molar-refractivity contribution in [3.8, 4) is 0 Å². The van der Waals surface area contributed by atoms with Gasteiger partial charge in [0.05, 0.1) is 10.6 Å². The summed E-state index contributed by atoms with van der Waals surface area (Å²) in [7, 11) is 0. The predicted molar refractivity (Wildman–Crippen MR) is 123 cm³/mol. The standard InChI is InChI=1S/C26H31ClF3N3/c1-17(2)22-15-33(11-8-25(22)27)14-20(5)23-16-32(10-7-24(23)26(28,29)30)13-19(4)21-12-31-9-6-18(21)3/h6-12,15-17,19-20H,13-14H2,1-5H3/q+2. The van der Waals surface area contributed by atoms with Crippen LogP contribution in [-0.4, -0.2) is 4.98 Å². The molecular weight excluding hydrogens is 447 g/mol. The lowest BCUT2D eigenvalue weighted by Gasteiger charge is -2.17. The Kier molecular flexibility index (Phi) is 7.78. The first-order valence-corrected chi connectivity index (χ1v) is 11.5. The molecule has 3 aromatic heterocycles. The summed E-state index contributed by atoms with van der Waals surface area (Å²) in [6.07, 6.45) is 6.09. The second kappa shape index (κ2) is 10.2. The molecule has 7 heteroatoms. The van der Waals surface area contributed by atoms with Crippen LogP contribution in [0.5, 0.6) is 0 Å². The van der Waals surface area contributed by atoms with E-state index in [4.69, 9.17) is 11.6 Å². The normalized spacial score (nSPS) is 13.9. The van der Waals surface area contributed by atoms with Crippen LogP contribution in [0.1, 0.15) is 73.3 Å². The molecular formula is C26H31ClF3N3+2. The summed E-state index contributed by atoms with van der Waals surface area (Å²) in [4.78, 5) is 4.20. The van der Waals surface area contributed by atoms with E-state index in [0.29, 0.717) is 18.1 Å². The van der Waals surface area contributed by atoms with E-state index in [1.54, 1.807) is 18.5 Å². The summed E-state index contributed by atoms with van der Waals surface area (Å²) in [6.45, 7) is 11.0. The Bertz CT molecular complexity index is 1110. The van der Waals surface area contributed by atoms with E-state index in [1.165, 1.54) is 12.3 Å².